The van der Waals surface area contributed by atoms with Gasteiger partial charge in [-0.1, -0.05) is 0 Å². The van der Waals surface area contributed by atoms with Crippen molar-refractivity contribution in [3.63, 3.8) is 0 Å². The van der Waals surface area contributed by atoms with Crippen LogP contribution in [0.1, 0.15) is 23.2 Å². The van der Waals surface area contributed by atoms with Gasteiger partial charge in [-0.25, -0.2) is 4.39 Å². The number of likely N-dealkylation sites (tertiary alicyclic amines) is 1. The van der Waals surface area contributed by atoms with Gasteiger partial charge in [0.25, 0.3) is 5.91 Å². The Morgan fingerprint density at radius 3 is 2.43 bits per heavy atom. The third kappa shape index (κ3) is 4.06. The Morgan fingerprint density at radius 1 is 1.13 bits per heavy atom. The summed E-state index contributed by atoms with van der Waals surface area (Å²) in [6, 6.07) is 9.55. The summed E-state index contributed by atoms with van der Waals surface area (Å²) < 4.78 is 18.5. The number of rotatable bonds is 4. The molecule has 23 heavy (non-hydrogen) atoms. The van der Waals surface area contributed by atoms with Gasteiger partial charge in [0.05, 0.1) is 6.61 Å². The monoisotopic (exact) mass is 314 g/mol. The molecule has 1 amide bonds. The van der Waals surface area contributed by atoms with Crippen molar-refractivity contribution in [1.29, 1.82) is 0 Å². The van der Waals surface area contributed by atoms with Crippen LogP contribution in [0.25, 0.3) is 0 Å². The summed E-state index contributed by atoms with van der Waals surface area (Å²) in [5, 5.41) is 0. The molecule has 2 aromatic rings. The van der Waals surface area contributed by atoms with E-state index in [9.17, 15) is 9.18 Å². The number of nitrogens with zero attached hydrogens (tertiary/aromatic N) is 2. The number of hydrogen-bond donors (Lipinski definition) is 0. The maximum absolute atomic E-state index is 12.8. The summed E-state index contributed by atoms with van der Waals surface area (Å²) in [5.74, 6) is 0.897. The second kappa shape index (κ2) is 7.22. The maximum Gasteiger partial charge on any atom is 0.253 e. The average molecular weight is 314 g/mol. The zero-order valence-electron chi connectivity index (χ0n) is 12.8. The van der Waals surface area contributed by atoms with Gasteiger partial charge in [-0.2, -0.15) is 0 Å². The molecule has 1 aliphatic rings. The van der Waals surface area contributed by atoms with Gasteiger partial charge in [0, 0.05) is 31.0 Å². The highest BCUT2D eigenvalue weighted by Crippen LogP contribution is 2.21. The molecule has 0 N–H and O–H groups in total. The lowest BCUT2D eigenvalue weighted by atomic mass is 9.97. The van der Waals surface area contributed by atoms with Gasteiger partial charge in [-0.3, -0.25) is 9.78 Å². The zero-order valence-corrected chi connectivity index (χ0v) is 12.8. The quantitative estimate of drug-likeness (QED) is 0.870. The summed E-state index contributed by atoms with van der Waals surface area (Å²) in [5.41, 5.74) is 0.681. The van der Waals surface area contributed by atoms with Crippen LogP contribution in [0.5, 0.6) is 5.75 Å². The molecule has 1 aromatic heterocycles. The first-order valence-corrected chi connectivity index (χ1v) is 7.80. The summed E-state index contributed by atoms with van der Waals surface area (Å²) in [6.45, 7) is 2.07. The topological polar surface area (TPSA) is 42.4 Å². The van der Waals surface area contributed by atoms with Crippen molar-refractivity contribution < 1.29 is 13.9 Å². The maximum atomic E-state index is 12.8. The molecule has 0 saturated carbocycles. The van der Waals surface area contributed by atoms with E-state index in [4.69, 9.17) is 4.74 Å². The standard InChI is InChI=1S/C18H19FN2O2/c19-16-1-3-17(4-2-16)23-13-14-7-11-21(12-8-14)18(22)15-5-9-20-10-6-15/h1-6,9-10,14H,7-8,11-13H2. The van der Waals surface area contributed by atoms with Crippen LogP contribution in [0.15, 0.2) is 48.8 Å². The van der Waals surface area contributed by atoms with Gasteiger partial charge in [0.1, 0.15) is 11.6 Å². The molecule has 0 unspecified atom stereocenters. The lowest BCUT2D eigenvalue weighted by Gasteiger charge is -2.32. The SMILES string of the molecule is O=C(c1ccncc1)N1CCC(COc2ccc(F)cc2)CC1. The predicted molar refractivity (Wildman–Crippen MR) is 84.8 cm³/mol. The highest BCUT2D eigenvalue weighted by Gasteiger charge is 2.23. The number of ether oxygens (including phenoxy) is 1. The number of halogens is 1. The number of amides is 1. The van der Waals surface area contributed by atoms with Crippen molar-refractivity contribution in [2.75, 3.05) is 19.7 Å². The summed E-state index contributed by atoms with van der Waals surface area (Å²) in [4.78, 5) is 18.2. The van der Waals surface area contributed by atoms with Crippen LogP contribution in [0, 0.1) is 11.7 Å². The largest absolute Gasteiger partial charge is 0.493 e. The Kier molecular flexibility index (Phi) is 4.86. The Labute approximate surface area is 134 Å². The minimum atomic E-state index is -0.264. The Hall–Kier alpha value is -2.43. The summed E-state index contributed by atoms with van der Waals surface area (Å²) in [6.07, 6.45) is 5.10. The number of hydrogen-bond acceptors (Lipinski definition) is 3. The smallest absolute Gasteiger partial charge is 0.253 e. The molecule has 0 bridgehead atoms. The first-order valence-electron chi connectivity index (χ1n) is 7.80. The van der Waals surface area contributed by atoms with Crippen molar-refractivity contribution >= 4 is 5.91 Å². The molecule has 1 aromatic carbocycles. The van der Waals surface area contributed by atoms with Crippen molar-refractivity contribution in [1.82, 2.24) is 9.88 Å². The van der Waals surface area contributed by atoms with Gasteiger partial charge in [0.15, 0.2) is 0 Å². The Bertz CT molecular complexity index is 638. The van der Waals surface area contributed by atoms with E-state index in [0.29, 0.717) is 23.8 Å². The van der Waals surface area contributed by atoms with Crippen LogP contribution in [0.2, 0.25) is 0 Å². The Balaban J connectivity index is 1.47. The van der Waals surface area contributed by atoms with Crippen molar-refractivity contribution in [2.45, 2.75) is 12.8 Å². The van der Waals surface area contributed by atoms with E-state index in [0.717, 1.165) is 25.9 Å². The van der Waals surface area contributed by atoms with Crippen LogP contribution in [-0.4, -0.2) is 35.5 Å². The number of carbonyl (C=O) groups excluding carboxylic acids is 1. The normalized spacial score (nSPS) is 15.4. The highest BCUT2D eigenvalue weighted by molar-refractivity contribution is 5.94. The fourth-order valence-electron chi connectivity index (χ4n) is 2.72. The molecule has 0 aliphatic carbocycles. The number of pyridine rings is 1. The summed E-state index contributed by atoms with van der Waals surface area (Å²) >= 11 is 0. The van der Waals surface area contributed by atoms with Crippen LogP contribution in [0.4, 0.5) is 4.39 Å². The molecule has 1 saturated heterocycles. The molecule has 5 heteroatoms. The third-order valence-electron chi connectivity index (χ3n) is 4.13. The van der Waals surface area contributed by atoms with E-state index >= 15 is 0 Å². The fraction of sp³-hybridized carbons (Fsp3) is 0.333. The Morgan fingerprint density at radius 2 is 1.78 bits per heavy atom. The number of piperidine rings is 1. The minimum Gasteiger partial charge on any atom is -0.493 e. The fourth-order valence-corrected chi connectivity index (χ4v) is 2.72. The van der Waals surface area contributed by atoms with Crippen molar-refractivity contribution in [3.8, 4) is 5.75 Å². The van der Waals surface area contributed by atoms with Gasteiger partial charge >= 0.3 is 0 Å². The van der Waals surface area contributed by atoms with Gasteiger partial charge < -0.3 is 9.64 Å². The molecule has 120 valence electrons. The van der Waals surface area contributed by atoms with Gasteiger partial charge in [0.2, 0.25) is 0 Å². The average Bonchev–Trinajstić information content (AvgIpc) is 2.62. The third-order valence-corrected chi connectivity index (χ3v) is 4.13. The summed E-state index contributed by atoms with van der Waals surface area (Å²) in [7, 11) is 0. The molecular weight excluding hydrogens is 295 g/mol. The predicted octanol–water partition coefficient (Wildman–Crippen LogP) is 3.15. The molecule has 0 atom stereocenters. The van der Waals surface area contributed by atoms with E-state index in [2.05, 4.69) is 4.98 Å². The van der Waals surface area contributed by atoms with Crippen LogP contribution >= 0.6 is 0 Å². The van der Waals surface area contributed by atoms with Gasteiger partial charge in [-0.15, -0.1) is 0 Å². The second-order valence-corrected chi connectivity index (χ2v) is 5.74. The van der Waals surface area contributed by atoms with Crippen molar-refractivity contribution in [2.24, 2.45) is 5.92 Å². The highest BCUT2D eigenvalue weighted by atomic mass is 19.1. The molecule has 4 nitrogen and oxygen atoms in total. The second-order valence-electron chi connectivity index (χ2n) is 5.74. The number of aromatic nitrogens is 1. The lowest BCUT2D eigenvalue weighted by Crippen LogP contribution is -2.39. The van der Waals surface area contributed by atoms with Crippen molar-refractivity contribution in [3.05, 3.63) is 60.2 Å². The molecule has 1 fully saturated rings. The molecule has 2 heterocycles. The molecule has 0 spiro atoms. The number of benzene rings is 1. The minimum absolute atomic E-state index is 0.0605. The molecule has 3 rings (SSSR count). The van der Waals surface area contributed by atoms with E-state index in [-0.39, 0.29) is 11.7 Å². The van der Waals surface area contributed by atoms with E-state index in [1.54, 1.807) is 36.7 Å². The first kappa shape index (κ1) is 15.5. The zero-order chi connectivity index (χ0) is 16.1. The van der Waals surface area contributed by atoms with E-state index < -0.39 is 0 Å². The van der Waals surface area contributed by atoms with E-state index in [1.807, 2.05) is 4.90 Å². The molecule has 1 aliphatic heterocycles. The van der Waals surface area contributed by atoms with Crippen LogP contribution < -0.4 is 4.74 Å². The molecule has 0 radical (unpaired) electrons. The molecular formula is C18H19FN2O2. The van der Waals surface area contributed by atoms with Crippen LogP contribution in [0.3, 0.4) is 0 Å². The van der Waals surface area contributed by atoms with Crippen LogP contribution in [-0.2, 0) is 0 Å². The lowest BCUT2D eigenvalue weighted by molar-refractivity contribution is 0.0661. The van der Waals surface area contributed by atoms with Gasteiger partial charge in [-0.05, 0) is 55.2 Å². The first-order chi connectivity index (χ1) is 11.2. The van der Waals surface area contributed by atoms with E-state index in [1.165, 1.54) is 12.1 Å². The number of carbonyl (C=O) groups is 1.